The fourth-order valence-corrected chi connectivity index (χ4v) is 2.41. The Hall–Kier alpha value is -0.605. The number of rotatable bonds is 2. The largest absolute Gasteiger partial charge is 0.357 e. The van der Waals surface area contributed by atoms with Crippen LogP contribution < -0.4 is 32.6 Å². The minimum absolute atomic E-state index is 0.00562. The van der Waals surface area contributed by atoms with Crippen LogP contribution in [-0.2, 0) is 5.85 Å². The Kier molecular flexibility index (Phi) is 3.94. The highest BCUT2D eigenvalue weighted by Gasteiger charge is 2.42. The molecule has 2 N–H and O–H groups in total. The molecule has 0 unspecified atom stereocenters. The van der Waals surface area contributed by atoms with Crippen LogP contribution in [0.4, 0.5) is 4.39 Å². The molecule has 1 aromatic rings. The second-order valence-electron chi connectivity index (χ2n) is 4.77. The molecule has 10 radical (unpaired) electrons. The summed E-state index contributed by atoms with van der Waals surface area (Å²) in [5.74, 6) is -2.75. The van der Waals surface area contributed by atoms with Crippen molar-refractivity contribution in [3.63, 3.8) is 0 Å². The minimum Gasteiger partial charge on any atom is -0.357 e. The number of benzene rings is 1. The minimum atomic E-state index is -2.75. The summed E-state index contributed by atoms with van der Waals surface area (Å²) >= 11 is 0. The van der Waals surface area contributed by atoms with E-state index in [1.807, 2.05) is 0 Å². The number of hydrogen-bond acceptors (Lipinski definition) is 2. The first kappa shape index (κ1) is 14.8. The highest BCUT2D eigenvalue weighted by atomic mass is 19.2. The van der Waals surface area contributed by atoms with Gasteiger partial charge in [0.2, 0.25) is 5.85 Å². The predicted molar refractivity (Wildman–Crippen MR) is 79.4 cm³/mol. The van der Waals surface area contributed by atoms with E-state index < -0.39 is 11.9 Å². The number of aliphatic hydroxyl groups is 1. The molecule has 2 rings (SSSR count). The van der Waals surface area contributed by atoms with Gasteiger partial charge >= 0.3 is 0 Å². The van der Waals surface area contributed by atoms with Crippen LogP contribution in [0.3, 0.4) is 0 Å². The van der Waals surface area contributed by atoms with E-state index in [2.05, 4.69) is 5.32 Å². The number of alkyl halides is 1. The van der Waals surface area contributed by atoms with Gasteiger partial charge in [-0.15, -0.1) is 16.4 Å². The zero-order chi connectivity index (χ0) is 14.4. The Bertz CT molecular complexity index is 487. The van der Waals surface area contributed by atoms with Crippen LogP contribution in [0.2, 0.25) is 0 Å². The second-order valence-corrected chi connectivity index (χ2v) is 4.77. The number of hydrogen-bond donors (Lipinski definition) is 2. The Morgan fingerprint density at radius 1 is 1.00 bits per heavy atom. The molecule has 2 atom stereocenters. The lowest BCUT2D eigenvalue weighted by Crippen LogP contribution is -2.60. The van der Waals surface area contributed by atoms with Crippen LogP contribution in [0.15, 0.2) is 0 Å². The maximum Gasteiger partial charge on any atom is 0.247 e. The molecule has 1 aliphatic rings. The molecule has 1 fully saturated rings. The first-order valence-electron chi connectivity index (χ1n) is 5.95. The zero-order valence-corrected chi connectivity index (χ0v) is 10.4. The van der Waals surface area contributed by atoms with Gasteiger partial charge in [-0.3, -0.25) is 0 Å². The van der Waals surface area contributed by atoms with Crippen molar-refractivity contribution in [3.8, 4) is 0 Å². The molecule has 0 amide bonds. The number of halogens is 1. The van der Waals surface area contributed by atoms with Crippen molar-refractivity contribution >= 4 is 66.5 Å². The van der Waals surface area contributed by atoms with Gasteiger partial charge < -0.3 is 10.4 Å². The van der Waals surface area contributed by atoms with Gasteiger partial charge in [-0.25, -0.2) is 4.39 Å². The van der Waals surface area contributed by atoms with Gasteiger partial charge in [0.1, 0.15) is 39.2 Å². The van der Waals surface area contributed by atoms with E-state index in [4.69, 9.17) is 39.2 Å². The summed E-state index contributed by atoms with van der Waals surface area (Å²) in [5, 5.41) is 13.0. The lowest BCUT2D eigenvalue weighted by atomic mass is 9.59. The second kappa shape index (κ2) is 5.06. The smallest absolute Gasteiger partial charge is 0.247 e. The molecule has 2 nitrogen and oxygen atoms in total. The van der Waals surface area contributed by atoms with E-state index in [0.29, 0.717) is 13.0 Å². The lowest BCUT2D eigenvalue weighted by Gasteiger charge is -2.32. The van der Waals surface area contributed by atoms with Crippen molar-refractivity contribution in [2.75, 3.05) is 6.54 Å². The van der Waals surface area contributed by atoms with Crippen molar-refractivity contribution in [2.24, 2.45) is 0 Å². The van der Waals surface area contributed by atoms with Crippen LogP contribution >= 0.6 is 0 Å². The monoisotopic (exact) mass is 245 g/mol. The van der Waals surface area contributed by atoms with E-state index >= 15 is 0 Å². The molecule has 86 valence electrons. The molecule has 1 aromatic carbocycles. The van der Waals surface area contributed by atoms with Crippen LogP contribution in [0.1, 0.15) is 18.4 Å². The quantitative estimate of drug-likeness (QED) is 0.514. The van der Waals surface area contributed by atoms with Crippen LogP contribution in [0.25, 0.3) is 0 Å². The Balaban J connectivity index is 2.61. The summed E-state index contributed by atoms with van der Waals surface area (Å²) in [5.41, 5.74) is -0.817. The maximum atomic E-state index is 14.7. The standard InChI is InChI=1S/C11H9B5FNO/c12-6-5(7(13)9(15)10(16)8(6)14)11(17,19)4-2-1-3-18-4/h4,18-19H,1-3H2/t4-,11+/m0/s1. The van der Waals surface area contributed by atoms with Gasteiger partial charge in [0.25, 0.3) is 0 Å². The summed E-state index contributed by atoms with van der Waals surface area (Å²) < 4.78 is 14.7. The highest BCUT2D eigenvalue weighted by Crippen LogP contribution is 2.28. The van der Waals surface area contributed by atoms with Crippen molar-refractivity contribution < 1.29 is 9.50 Å². The maximum absolute atomic E-state index is 14.7. The molecule has 8 heteroatoms. The van der Waals surface area contributed by atoms with Gasteiger partial charge in [0, 0.05) is 5.56 Å². The summed E-state index contributed by atoms with van der Waals surface area (Å²) in [6.45, 7) is 0.608. The van der Waals surface area contributed by atoms with Gasteiger partial charge in [-0.1, -0.05) is 10.9 Å². The summed E-state index contributed by atoms with van der Waals surface area (Å²) in [6.07, 6.45) is 1.20. The van der Waals surface area contributed by atoms with Crippen molar-refractivity contribution in [1.82, 2.24) is 5.32 Å². The Morgan fingerprint density at radius 3 is 1.89 bits per heavy atom. The third-order valence-electron chi connectivity index (χ3n) is 3.57. The summed E-state index contributed by atoms with van der Waals surface area (Å²) in [6, 6.07) is -0.806. The van der Waals surface area contributed by atoms with E-state index in [9.17, 15) is 9.50 Å². The molecule has 0 aromatic heterocycles. The average molecular weight is 244 g/mol. The van der Waals surface area contributed by atoms with Crippen LogP contribution in [0, 0.1) is 0 Å². The SMILES string of the molecule is [B]c1c([B])c([B])c([C@@](O)(F)[C@@H]2CCCN2)c([B])c1[B]. The molecule has 0 spiro atoms. The highest BCUT2D eigenvalue weighted by molar-refractivity contribution is 6.67. The Labute approximate surface area is 119 Å². The third-order valence-corrected chi connectivity index (χ3v) is 3.57. The normalized spacial score (nSPS) is 22.3. The zero-order valence-electron chi connectivity index (χ0n) is 10.4. The fourth-order valence-electron chi connectivity index (χ4n) is 2.41. The van der Waals surface area contributed by atoms with E-state index in [0.717, 1.165) is 6.42 Å². The first-order chi connectivity index (χ1) is 8.78. The number of nitrogens with one attached hydrogen (secondary N) is 1. The van der Waals surface area contributed by atoms with E-state index in [1.54, 1.807) is 0 Å². The Morgan fingerprint density at radius 2 is 1.47 bits per heavy atom. The predicted octanol–water partition coefficient (Wildman–Crippen LogP) is -4.48. The molecular formula is C11H9B5FNO. The molecular weight excluding hydrogens is 235 g/mol. The summed E-state index contributed by atoms with van der Waals surface area (Å²) in [4.78, 5) is 0. The van der Waals surface area contributed by atoms with Crippen molar-refractivity contribution in [2.45, 2.75) is 24.7 Å². The molecule has 19 heavy (non-hydrogen) atoms. The van der Waals surface area contributed by atoms with Crippen LogP contribution in [0.5, 0.6) is 0 Å². The molecule has 0 bridgehead atoms. The molecule has 1 saturated heterocycles. The summed E-state index contributed by atoms with van der Waals surface area (Å²) in [7, 11) is 28.4. The molecule has 0 saturated carbocycles. The lowest BCUT2D eigenvalue weighted by molar-refractivity contribution is -0.119. The van der Waals surface area contributed by atoms with E-state index in [-0.39, 0.29) is 32.9 Å². The molecule has 1 heterocycles. The van der Waals surface area contributed by atoms with Gasteiger partial charge in [0.05, 0.1) is 6.04 Å². The molecule has 0 aliphatic carbocycles. The topological polar surface area (TPSA) is 32.3 Å². The van der Waals surface area contributed by atoms with Crippen LogP contribution in [-0.4, -0.2) is 56.9 Å². The van der Waals surface area contributed by atoms with Gasteiger partial charge in [-0.2, -0.15) is 0 Å². The van der Waals surface area contributed by atoms with Crippen molar-refractivity contribution in [1.29, 1.82) is 0 Å². The average Bonchev–Trinajstić information content (AvgIpc) is 2.88. The first-order valence-corrected chi connectivity index (χ1v) is 5.95. The van der Waals surface area contributed by atoms with Gasteiger partial charge in [-0.05, 0) is 19.4 Å². The van der Waals surface area contributed by atoms with E-state index in [1.165, 1.54) is 0 Å². The van der Waals surface area contributed by atoms with Gasteiger partial charge in [0.15, 0.2) is 0 Å². The fraction of sp³-hybridized carbons (Fsp3) is 0.455. The third kappa shape index (κ3) is 2.29. The molecule has 1 aliphatic heterocycles. The van der Waals surface area contributed by atoms with Crippen molar-refractivity contribution in [3.05, 3.63) is 5.56 Å².